The van der Waals surface area contributed by atoms with E-state index in [1.54, 1.807) is 70.3 Å². The Labute approximate surface area is 190 Å². The van der Waals surface area contributed by atoms with Gasteiger partial charge in [-0.05, 0) is 43.3 Å². The van der Waals surface area contributed by atoms with Gasteiger partial charge in [-0.2, -0.15) is 4.98 Å². The van der Waals surface area contributed by atoms with E-state index in [1.165, 1.54) is 12.0 Å². The molecule has 0 aliphatic carbocycles. The second-order valence-electron chi connectivity index (χ2n) is 8.87. The monoisotopic (exact) mass is 448 g/mol. The standard InChI is InChI=1S/C24H24N4O5/c1-13-26-21(33-27-13)14-8-10-15(11-9-14)28-18(16-7-6-12-25-22(16)32-5)17(19(29)23(28)31)20(30)24(2,3)4/h6-12,17-18H,1-5H3. The fourth-order valence-corrected chi connectivity index (χ4v) is 3.97. The zero-order valence-corrected chi connectivity index (χ0v) is 19.0. The second-order valence-corrected chi connectivity index (χ2v) is 8.87. The van der Waals surface area contributed by atoms with Gasteiger partial charge in [0.15, 0.2) is 11.6 Å². The second kappa shape index (κ2) is 8.23. The van der Waals surface area contributed by atoms with E-state index in [-0.39, 0.29) is 11.7 Å². The molecule has 1 aromatic carbocycles. The fraction of sp³-hybridized carbons (Fsp3) is 0.333. The summed E-state index contributed by atoms with van der Waals surface area (Å²) in [5, 5.41) is 3.78. The third-order valence-corrected chi connectivity index (χ3v) is 5.56. The van der Waals surface area contributed by atoms with Gasteiger partial charge in [0.2, 0.25) is 11.7 Å². The molecule has 2 unspecified atom stereocenters. The summed E-state index contributed by atoms with van der Waals surface area (Å²) in [7, 11) is 1.45. The molecule has 3 aromatic rings. The SMILES string of the molecule is COc1ncccc1C1C(C(=O)C(C)(C)C)C(=O)C(=O)N1c1ccc(-c2nc(C)no2)cc1. The van der Waals surface area contributed by atoms with Gasteiger partial charge in [-0.3, -0.25) is 19.3 Å². The summed E-state index contributed by atoms with van der Waals surface area (Å²) in [4.78, 5) is 49.5. The highest BCUT2D eigenvalue weighted by atomic mass is 16.5. The lowest BCUT2D eigenvalue weighted by molar-refractivity contribution is -0.141. The van der Waals surface area contributed by atoms with Gasteiger partial charge in [0.25, 0.3) is 11.8 Å². The van der Waals surface area contributed by atoms with Crippen molar-refractivity contribution in [3.63, 3.8) is 0 Å². The average Bonchev–Trinajstić information content (AvgIpc) is 3.34. The molecule has 1 saturated heterocycles. The number of rotatable bonds is 5. The van der Waals surface area contributed by atoms with Gasteiger partial charge in [0, 0.05) is 28.4 Å². The van der Waals surface area contributed by atoms with Gasteiger partial charge in [0.05, 0.1) is 13.2 Å². The van der Waals surface area contributed by atoms with E-state index in [0.717, 1.165) is 0 Å². The largest absolute Gasteiger partial charge is 0.481 e. The van der Waals surface area contributed by atoms with Crippen molar-refractivity contribution in [1.82, 2.24) is 15.1 Å². The Kier molecular flexibility index (Phi) is 5.57. The summed E-state index contributed by atoms with van der Waals surface area (Å²) in [6, 6.07) is 9.31. The van der Waals surface area contributed by atoms with Crippen LogP contribution in [0.1, 0.15) is 38.2 Å². The maximum atomic E-state index is 13.3. The van der Waals surface area contributed by atoms with Gasteiger partial charge < -0.3 is 9.26 Å². The Balaban J connectivity index is 1.83. The van der Waals surface area contributed by atoms with E-state index in [9.17, 15) is 14.4 Å². The lowest BCUT2D eigenvalue weighted by Gasteiger charge is -2.30. The lowest BCUT2D eigenvalue weighted by atomic mass is 9.77. The molecule has 9 nitrogen and oxygen atoms in total. The fourth-order valence-electron chi connectivity index (χ4n) is 3.97. The van der Waals surface area contributed by atoms with Crippen molar-refractivity contribution >= 4 is 23.2 Å². The van der Waals surface area contributed by atoms with Crippen LogP contribution in [0.5, 0.6) is 5.88 Å². The number of pyridine rings is 1. The summed E-state index contributed by atoms with van der Waals surface area (Å²) in [6.07, 6.45) is 1.55. The predicted octanol–water partition coefficient (Wildman–Crippen LogP) is 3.34. The molecule has 1 fully saturated rings. The molecule has 2 aromatic heterocycles. The van der Waals surface area contributed by atoms with Gasteiger partial charge in [0.1, 0.15) is 5.92 Å². The van der Waals surface area contributed by atoms with Crippen molar-refractivity contribution in [1.29, 1.82) is 0 Å². The average molecular weight is 448 g/mol. The molecule has 3 heterocycles. The minimum Gasteiger partial charge on any atom is -0.481 e. The lowest BCUT2D eigenvalue weighted by Crippen LogP contribution is -2.36. The van der Waals surface area contributed by atoms with E-state index >= 15 is 0 Å². The van der Waals surface area contributed by atoms with Crippen LogP contribution in [0, 0.1) is 18.3 Å². The summed E-state index contributed by atoms with van der Waals surface area (Å²) in [5.41, 5.74) is 0.770. The molecule has 0 N–H and O–H groups in total. The number of carbonyl (C=O) groups excluding carboxylic acids is 3. The molecular formula is C24H24N4O5. The van der Waals surface area contributed by atoms with Crippen molar-refractivity contribution in [2.45, 2.75) is 33.7 Å². The third-order valence-electron chi connectivity index (χ3n) is 5.56. The number of benzene rings is 1. The van der Waals surface area contributed by atoms with E-state index in [0.29, 0.717) is 28.5 Å². The topological polar surface area (TPSA) is 115 Å². The van der Waals surface area contributed by atoms with Crippen LogP contribution in [0.4, 0.5) is 5.69 Å². The number of hydrogen-bond acceptors (Lipinski definition) is 8. The Morgan fingerprint density at radius 1 is 1.12 bits per heavy atom. The third kappa shape index (κ3) is 3.90. The van der Waals surface area contributed by atoms with Crippen LogP contribution in [-0.2, 0) is 14.4 Å². The van der Waals surface area contributed by atoms with Crippen LogP contribution in [0.15, 0.2) is 47.1 Å². The summed E-state index contributed by atoms with van der Waals surface area (Å²) in [6.45, 7) is 6.91. The maximum Gasteiger partial charge on any atom is 0.295 e. The Hall–Kier alpha value is -3.88. The number of ether oxygens (including phenoxy) is 1. The normalized spacial score (nSPS) is 18.6. The summed E-state index contributed by atoms with van der Waals surface area (Å²) in [5.74, 6) is -1.92. The molecule has 1 aliphatic rings. The number of carbonyl (C=O) groups is 3. The van der Waals surface area contributed by atoms with Crippen LogP contribution < -0.4 is 9.64 Å². The van der Waals surface area contributed by atoms with Gasteiger partial charge in [-0.15, -0.1) is 0 Å². The number of hydrogen-bond donors (Lipinski definition) is 0. The minimum atomic E-state index is -1.19. The summed E-state index contributed by atoms with van der Waals surface area (Å²) >= 11 is 0. The van der Waals surface area contributed by atoms with Crippen LogP contribution in [0.25, 0.3) is 11.5 Å². The maximum absolute atomic E-state index is 13.3. The Bertz CT molecular complexity index is 1230. The van der Waals surface area contributed by atoms with E-state index in [1.807, 2.05) is 0 Å². The van der Waals surface area contributed by atoms with Gasteiger partial charge >= 0.3 is 0 Å². The van der Waals surface area contributed by atoms with Crippen LogP contribution in [-0.4, -0.2) is 39.7 Å². The molecule has 170 valence electrons. The molecule has 33 heavy (non-hydrogen) atoms. The molecule has 1 aliphatic heterocycles. The van der Waals surface area contributed by atoms with Crippen molar-refractivity contribution in [2.24, 2.45) is 11.3 Å². The molecule has 9 heteroatoms. The summed E-state index contributed by atoms with van der Waals surface area (Å²) < 4.78 is 10.6. The number of aromatic nitrogens is 3. The molecule has 2 atom stereocenters. The van der Waals surface area contributed by atoms with Gasteiger partial charge in [-0.25, -0.2) is 4.98 Å². The molecule has 0 saturated carbocycles. The Morgan fingerprint density at radius 3 is 2.39 bits per heavy atom. The molecule has 1 amide bonds. The smallest absolute Gasteiger partial charge is 0.295 e. The number of aryl methyl sites for hydroxylation is 1. The number of methoxy groups -OCH3 is 1. The van der Waals surface area contributed by atoms with Gasteiger partial charge in [-0.1, -0.05) is 25.9 Å². The van der Waals surface area contributed by atoms with Crippen LogP contribution in [0.3, 0.4) is 0 Å². The quantitative estimate of drug-likeness (QED) is 0.431. The molecular weight excluding hydrogens is 424 g/mol. The predicted molar refractivity (Wildman–Crippen MR) is 118 cm³/mol. The van der Waals surface area contributed by atoms with Crippen molar-refractivity contribution < 1.29 is 23.6 Å². The number of ketones is 2. The van der Waals surface area contributed by atoms with E-state index in [2.05, 4.69) is 15.1 Å². The first-order chi connectivity index (χ1) is 15.6. The first-order valence-electron chi connectivity index (χ1n) is 10.4. The first-order valence-corrected chi connectivity index (χ1v) is 10.4. The Morgan fingerprint density at radius 2 is 1.82 bits per heavy atom. The number of anilines is 1. The number of nitrogens with zero attached hydrogens (tertiary/aromatic N) is 4. The zero-order chi connectivity index (χ0) is 23.9. The molecule has 0 radical (unpaired) electrons. The minimum absolute atomic E-state index is 0.250. The molecule has 0 spiro atoms. The first kappa shape index (κ1) is 22.3. The van der Waals surface area contributed by atoms with Crippen LogP contribution in [0.2, 0.25) is 0 Å². The van der Waals surface area contributed by atoms with Crippen molar-refractivity contribution in [2.75, 3.05) is 12.0 Å². The highest BCUT2D eigenvalue weighted by molar-refractivity contribution is 6.48. The highest BCUT2D eigenvalue weighted by Crippen LogP contribution is 2.45. The van der Waals surface area contributed by atoms with Crippen molar-refractivity contribution in [3.05, 3.63) is 54.0 Å². The van der Waals surface area contributed by atoms with Crippen molar-refractivity contribution in [3.8, 4) is 17.3 Å². The zero-order valence-electron chi connectivity index (χ0n) is 19.0. The van der Waals surface area contributed by atoms with E-state index < -0.39 is 29.1 Å². The van der Waals surface area contributed by atoms with E-state index in [4.69, 9.17) is 9.26 Å². The molecule has 4 rings (SSSR count). The number of Topliss-reactive ketones (excluding diaryl/α,β-unsaturated/α-hetero) is 2. The molecule has 0 bridgehead atoms. The van der Waals surface area contributed by atoms with Crippen LogP contribution >= 0.6 is 0 Å². The number of amides is 1. The highest BCUT2D eigenvalue weighted by Gasteiger charge is 2.54.